The van der Waals surface area contributed by atoms with Gasteiger partial charge in [-0.25, -0.2) is 0 Å². The van der Waals surface area contributed by atoms with Crippen LogP contribution in [0.15, 0.2) is 48.5 Å². The molecule has 0 aliphatic carbocycles. The molecule has 0 saturated carbocycles. The van der Waals surface area contributed by atoms with Crippen LogP contribution in [0.2, 0.25) is 0 Å². The molecule has 0 heterocycles. The van der Waals surface area contributed by atoms with Gasteiger partial charge in [-0.2, -0.15) is 0 Å². The molecule has 0 unspecified atom stereocenters. The molecule has 0 amide bonds. The standard InChI is InChI=1S/C40H58O4/c41-29-17-13-9-5-1-3-7-11-15-19-31-43-39-35-25-21-23-33-27-28-34-24-22-26-36(38(34)37(33)35)40(39)44-32-20-16-12-8-4-2-6-10-14-18-30-42/h21-28,41-42H,1-20,29-32H2. The maximum absolute atomic E-state index is 8.91. The zero-order valence-corrected chi connectivity index (χ0v) is 27.3. The summed E-state index contributed by atoms with van der Waals surface area (Å²) < 4.78 is 13.3. The first kappa shape index (κ1) is 34.3. The van der Waals surface area contributed by atoms with Gasteiger partial charge in [0.15, 0.2) is 11.5 Å². The van der Waals surface area contributed by atoms with Crippen LogP contribution in [-0.4, -0.2) is 36.6 Å². The molecular formula is C40H58O4. The van der Waals surface area contributed by atoms with Gasteiger partial charge in [-0.3, -0.25) is 0 Å². The van der Waals surface area contributed by atoms with Gasteiger partial charge in [0.2, 0.25) is 0 Å². The molecule has 44 heavy (non-hydrogen) atoms. The van der Waals surface area contributed by atoms with Crippen molar-refractivity contribution in [1.82, 2.24) is 0 Å². The number of aliphatic hydroxyl groups excluding tert-OH is 2. The van der Waals surface area contributed by atoms with Gasteiger partial charge in [-0.15, -0.1) is 0 Å². The summed E-state index contributed by atoms with van der Waals surface area (Å²) in [5.41, 5.74) is 0. The Morgan fingerprint density at radius 3 is 1.02 bits per heavy atom. The Hall–Kier alpha value is -2.56. The van der Waals surface area contributed by atoms with Crippen molar-refractivity contribution in [1.29, 1.82) is 0 Å². The van der Waals surface area contributed by atoms with Gasteiger partial charge in [-0.05, 0) is 36.5 Å². The molecule has 2 N–H and O–H groups in total. The fourth-order valence-electron chi connectivity index (χ4n) is 6.67. The summed E-state index contributed by atoms with van der Waals surface area (Å²) in [6.07, 6.45) is 24.3. The molecule has 4 aromatic rings. The Morgan fingerprint density at radius 1 is 0.364 bits per heavy atom. The molecule has 4 aromatic carbocycles. The lowest BCUT2D eigenvalue weighted by Crippen LogP contribution is -2.05. The van der Waals surface area contributed by atoms with E-state index in [1.54, 1.807) is 0 Å². The third-order valence-corrected chi connectivity index (χ3v) is 9.18. The highest BCUT2D eigenvalue weighted by Crippen LogP contribution is 2.47. The molecule has 4 heteroatoms. The second-order valence-corrected chi connectivity index (χ2v) is 12.7. The van der Waals surface area contributed by atoms with Crippen molar-refractivity contribution in [2.45, 2.75) is 128 Å². The highest BCUT2D eigenvalue weighted by atomic mass is 16.5. The van der Waals surface area contributed by atoms with Gasteiger partial charge in [0.25, 0.3) is 0 Å². The lowest BCUT2D eigenvalue weighted by atomic mass is 9.93. The van der Waals surface area contributed by atoms with E-state index in [9.17, 15) is 0 Å². The molecule has 242 valence electrons. The molecule has 0 aliphatic heterocycles. The van der Waals surface area contributed by atoms with Crippen LogP contribution < -0.4 is 9.47 Å². The average molecular weight is 603 g/mol. The molecule has 0 aliphatic rings. The maximum Gasteiger partial charge on any atom is 0.169 e. The van der Waals surface area contributed by atoms with Gasteiger partial charge in [0, 0.05) is 34.8 Å². The third kappa shape index (κ3) is 10.5. The van der Waals surface area contributed by atoms with E-state index in [0.29, 0.717) is 13.2 Å². The van der Waals surface area contributed by atoms with Gasteiger partial charge in [0.05, 0.1) is 13.2 Å². The van der Waals surface area contributed by atoms with Crippen LogP contribution in [0.5, 0.6) is 11.5 Å². The topological polar surface area (TPSA) is 58.9 Å². The minimum absolute atomic E-state index is 0.332. The lowest BCUT2D eigenvalue weighted by molar-refractivity contribution is 0.263. The van der Waals surface area contributed by atoms with Crippen LogP contribution in [0.3, 0.4) is 0 Å². The zero-order valence-electron chi connectivity index (χ0n) is 27.3. The number of ether oxygens (including phenoxy) is 2. The first-order chi connectivity index (χ1) is 21.8. The van der Waals surface area contributed by atoms with Crippen LogP contribution in [-0.2, 0) is 0 Å². The monoisotopic (exact) mass is 602 g/mol. The van der Waals surface area contributed by atoms with Crippen LogP contribution in [0, 0.1) is 0 Å². The van der Waals surface area contributed by atoms with Crippen molar-refractivity contribution >= 4 is 32.3 Å². The zero-order chi connectivity index (χ0) is 30.7. The summed E-state index contributed by atoms with van der Waals surface area (Å²) in [6.45, 7) is 2.10. The van der Waals surface area contributed by atoms with Crippen LogP contribution in [0.25, 0.3) is 32.3 Å². The number of rotatable bonds is 26. The summed E-state index contributed by atoms with van der Waals surface area (Å²) >= 11 is 0. The summed E-state index contributed by atoms with van der Waals surface area (Å²) in [5.74, 6) is 1.84. The van der Waals surface area contributed by atoms with E-state index >= 15 is 0 Å². The fraction of sp³-hybridized carbons (Fsp3) is 0.600. The Balaban J connectivity index is 1.29. The van der Waals surface area contributed by atoms with Crippen molar-refractivity contribution in [3.8, 4) is 11.5 Å². The lowest BCUT2D eigenvalue weighted by Gasteiger charge is -2.20. The van der Waals surface area contributed by atoms with Crippen LogP contribution in [0.4, 0.5) is 0 Å². The summed E-state index contributed by atoms with van der Waals surface area (Å²) in [4.78, 5) is 0. The molecule has 0 fully saturated rings. The highest BCUT2D eigenvalue weighted by molar-refractivity contribution is 6.26. The van der Waals surface area contributed by atoms with E-state index in [4.69, 9.17) is 19.7 Å². The van der Waals surface area contributed by atoms with Crippen LogP contribution >= 0.6 is 0 Å². The maximum atomic E-state index is 8.91. The minimum atomic E-state index is 0.332. The smallest absolute Gasteiger partial charge is 0.169 e. The number of benzene rings is 4. The van der Waals surface area contributed by atoms with Gasteiger partial charge in [0.1, 0.15) is 0 Å². The van der Waals surface area contributed by atoms with E-state index in [0.717, 1.165) is 63.2 Å². The van der Waals surface area contributed by atoms with Crippen molar-refractivity contribution in [2.75, 3.05) is 26.4 Å². The molecule has 0 bridgehead atoms. The number of hydrogen-bond acceptors (Lipinski definition) is 4. The molecule has 0 saturated heterocycles. The summed E-state index contributed by atoms with van der Waals surface area (Å²) in [6, 6.07) is 17.6. The average Bonchev–Trinajstić information content (AvgIpc) is 3.05. The molecule has 0 aromatic heterocycles. The van der Waals surface area contributed by atoms with E-state index in [1.165, 1.54) is 122 Å². The predicted molar refractivity (Wildman–Crippen MR) is 188 cm³/mol. The minimum Gasteiger partial charge on any atom is -0.489 e. The first-order valence-corrected chi connectivity index (χ1v) is 18.0. The number of aliphatic hydroxyl groups is 2. The van der Waals surface area contributed by atoms with Crippen LogP contribution in [0.1, 0.15) is 128 Å². The molecule has 0 spiro atoms. The van der Waals surface area contributed by atoms with E-state index in [1.807, 2.05) is 0 Å². The van der Waals surface area contributed by atoms with Crippen molar-refractivity contribution < 1.29 is 19.7 Å². The first-order valence-electron chi connectivity index (χ1n) is 18.0. The molecule has 4 nitrogen and oxygen atoms in total. The summed E-state index contributed by atoms with van der Waals surface area (Å²) in [7, 11) is 0. The molecular weight excluding hydrogens is 544 g/mol. The van der Waals surface area contributed by atoms with E-state index in [-0.39, 0.29) is 0 Å². The number of unbranched alkanes of at least 4 members (excludes halogenated alkanes) is 18. The SMILES string of the molecule is OCCCCCCCCCCCCOc1c(OCCCCCCCCCCCCO)c2cccc3ccc4cccc1c4c32. The van der Waals surface area contributed by atoms with Crippen molar-refractivity contribution in [3.05, 3.63) is 48.5 Å². The fourth-order valence-corrected chi connectivity index (χ4v) is 6.67. The number of hydrogen-bond donors (Lipinski definition) is 2. The van der Waals surface area contributed by atoms with Gasteiger partial charge >= 0.3 is 0 Å². The predicted octanol–water partition coefficient (Wildman–Crippen LogP) is 11.1. The van der Waals surface area contributed by atoms with Crippen molar-refractivity contribution in [3.63, 3.8) is 0 Å². The van der Waals surface area contributed by atoms with Gasteiger partial charge in [-0.1, -0.05) is 151 Å². The molecule has 0 atom stereocenters. The molecule has 4 rings (SSSR count). The third-order valence-electron chi connectivity index (χ3n) is 9.18. The van der Waals surface area contributed by atoms with Gasteiger partial charge < -0.3 is 19.7 Å². The second-order valence-electron chi connectivity index (χ2n) is 12.7. The van der Waals surface area contributed by atoms with Crippen molar-refractivity contribution in [2.24, 2.45) is 0 Å². The van der Waals surface area contributed by atoms with E-state index in [2.05, 4.69) is 48.5 Å². The highest BCUT2D eigenvalue weighted by Gasteiger charge is 2.20. The Morgan fingerprint density at radius 2 is 0.682 bits per heavy atom. The Kier molecular flexibility index (Phi) is 16.0. The largest absolute Gasteiger partial charge is 0.489 e. The Bertz CT molecular complexity index is 1210. The quantitative estimate of drug-likeness (QED) is 0.0554. The molecule has 0 radical (unpaired) electrons. The normalized spacial score (nSPS) is 11.8. The summed E-state index contributed by atoms with van der Waals surface area (Å²) in [5, 5.41) is 25.2. The van der Waals surface area contributed by atoms with E-state index < -0.39 is 0 Å². The second kappa shape index (κ2) is 20.5. The Labute approximate surface area is 266 Å².